The third-order valence-corrected chi connectivity index (χ3v) is 1.11. The average molecular weight is 188 g/mol. The van der Waals surface area contributed by atoms with Crippen molar-refractivity contribution in [2.75, 3.05) is 0 Å². The molecule has 0 rings (SSSR count). The van der Waals surface area contributed by atoms with Crippen molar-refractivity contribution >= 4 is 11.9 Å². The van der Waals surface area contributed by atoms with E-state index in [1.165, 1.54) is 0 Å². The van der Waals surface area contributed by atoms with E-state index >= 15 is 0 Å². The lowest BCUT2D eigenvalue weighted by atomic mass is 10.2. The molecular weight excluding hydrogens is 172 g/mol. The minimum absolute atomic E-state index is 0.0632. The van der Waals surface area contributed by atoms with Crippen molar-refractivity contribution in [2.45, 2.75) is 33.1 Å². The number of allylic oxidation sites excluding steroid dienone is 2. The van der Waals surface area contributed by atoms with Gasteiger partial charge in [0.15, 0.2) is 0 Å². The fourth-order valence-electron chi connectivity index (χ4n) is 0.391. The average Bonchev–Trinajstić information content (AvgIpc) is 2.03. The second-order valence-electron chi connectivity index (χ2n) is 2.31. The molecule has 0 aromatic rings. The molecule has 0 aromatic carbocycles. The molecule has 0 atom stereocenters. The molecule has 0 spiro atoms. The summed E-state index contributed by atoms with van der Waals surface area (Å²) in [5.74, 6) is -1.90. The molecule has 0 fully saturated rings. The number of carbonyl (C=O) groups is 2. The SMILES string of the molecule is CC=CC.O=C(O)CCCC(=O)O. The van der Waals surface area contributed by atoms with E-state index in [1.54, 1.807) is 0 Å². The van der Waals surface area contributed by atoms with Crippen LogP contribution in [0, 0.1) is 0 Å². The first-order chi connectivity index (χ1) is 6.04. The zero-order valence-electron chi connectivity index (χ0n) is 7.99. The van der Waals surface area contributed by atoms with Crippen molar-refractivity contribution in [3.05, 3.63) is 12.2 Å². The third-order valence-electron chi connectivity index (χ3n) is 1.11. The van der Waals surface area contributed by atoms with Crippen LogP contribution < -0.4 is 0 Å². The van der Waals surface area contributed by atoms with Gasteiger partial charge in [0.25, 0.3) is 0 Å². The van der Waals surface area contributed by atoms with Crippen LogP contribution in [-0.4, -0.2) is 22.2 Å². The molecule has 76 valence electrons. The summed E-state index contributed by atoms with van der Waals surface area (Å²) in [6, 6.07) is 0. The van der Waals surface area contributed by atoms with Crippen LogP contribution in [0.3, 0.4) is 0 Å². The second-order valence-corrected chi connectivity index (χ2v) is 2.31. The molecule has 0 saturated carbocycles. The predicted molar refractivity (Wildman–Crippen MR) is 49.6 cm³/mol. The molecule has 4 heteroatoms. The van der Waals surface area contributed by atoms with E-state index in [2.05, 4.69) is 0 Å². The van der Waals surface area contributed by atoms with Gasteiger partial charge in [0, 0.05) is 12.8 Å². The van der Waals surface area contributed by atoms with E-state index < -0.39 is 11.9 Å². The quantitative estimate of drug-likeness (QED) is 0.661. The van der Waals surface area contributed by atoms with Crippen molar-refractivity contribution < 1.29 is 19.8 Å². The van der Waals surface area contributed by atoms with Crippen molar-refractivity contribution in [1.82, 2.24) is 0 Å². The van der Waals surface area contributed by atoms with Crippen molar-refractivity contribution in [1.29, 1.82) is 0 Å². The maximum absolute atomic E-state index is 9.79. The van der Waals surface area contributed by atoms with Gasteiger partial charge in [-0.1, -0.05) is 12.2 Å². The van der Waals surface area contributed by atoms with E-state index in [-0.39, 0.29) is 19.3 Å². The van der Waals surface area contributed by atoms with Crippen LogP contribution >= 0.6 is 0 Å². The van der Waals surface area contributed by atoms with Gasteiger partial charge in [-0.15, -0.1) is 0 Å². The molecule has 0 unspecified atom stereocenters. The number of aliphatic carboxylic acids is 2. The highest BCUT2D eigenvalue weighted by Crippen LogP contribution is 1.93. The van der Waals surface area contributed by atoms with Crippen LogP contribution in [0.5, 0.6) is 0 Å². The lowest BCUT2D eigenvalue weighted by molar-refractivity contribution is -0.138. The molecule has 4 nitrogen and oxygen atoms in total. The van der Waals surface area contributed by atoms with E-state index in [1.807, 2.05) is 26.0 Å². The first kappa shape index (κ1) is 14.2. The number of hydrogen-bond donors (Lipinski definition) is 2. The van der Waals surface area contributed by atoms with E-state index in [4.69, 9.17) is 10.2 Å². The smallest absolute Gasteiger partial charge is 0.303 e. The van der Waals surface area contributed by atoms with Gasteiger partial charge >= 0.3 is 11.9 Å². The summed E-state index contributed by atoms with van der Waals surface area (Å²) in [5.41, 5.74) is 0. The number of hydrogen-bond acceptors (Lipinski definition) is 2. The van der Waals surface area contributed by atoms with Crippen LogP contribution in [0.2, 0.25) is 0 Å². The Hall–Kier alpha value is -1.32. The molecule has 0 amide bonds. The summed E-state index contributed by atoms with van der Waals surface area (Å²) >= 11 is 0. The molecule has 0 aliphatic rings. The fraction of sp³-hybridized carbons (Fsp3) is 0.556. The van der Waals surface area contributed by atoms with E-state index in [9.17, 15) is 9.59 Å². The third kappa shape index (κ3) is 24.9. The van der Waals surface area contributed by atoms with Gasteiger partial charge in [-0.25, -0.2) is 0 Å². The maximum atomic E-state index is 9.79. The summed E-state index contributed by atoms with van der Waals surface area (Å²) < 4.78 is 0. The summed E-state index contributed by atoms with van der Waals surface area (Å²) in [5, 5.41) is 16.1. The Balaban J connectivity index is 0. The van der Waals surface area contributed by atoms with Crippen LogP contribution in [0.25, 0.3) is 0 Å². The molecule has 0 saturated heterocycles. The summed E-state index contributed by atoms with van der Waals surface area (Å²) in [4.78, 5) is 19.6. The Morgan fingerprint density at radius 3 is 1.46 bits per heavy atom. The Labute approximate surface area is 77.9 Å². The summed E-state index contributed by atoms with van der Waals surface area (Å²) in [7, 11) is 0. The zero-order chi connectivity index (χ0) is 10.7. The first-order valence-corrected chi connectivity index (χ1v) is 4.05. The number of carboxylic acid groups (broad SMARTS) is 2. The van der Waals surface area contributed by atoms with Crippen LogP contribution in [0.15, 0.2) is 12.2 Å². The normalized spacial score (nSPS) is 9.08. The first-order valence-electron chi connectivity index (χ1n) is 4.05. The highest BCUT2D eigenvalue weighted by molar-refractivity contribution is 5.69. The van der Waals surface area contributed by atoms with E-state index in [0.717, 1.165) is 0 Å². The molecule has 0 aliphatic carbocycles. The summed E-state index contributed by atoms with van der Waals surface area (Å²) in [6.45, 7) is 4.00. The number of rotatable bonds is 4. The molecular formula is C9H16O4. The van der Waals surface area contributed by atoms with Gasteiger partial charge in [-0.3, -0.25) is 9.59 Å². The summed E-state index contributed by atoms with van der Waals surface area (Å²) in [6.07, 6.45) is 4.09. The van der Waals surface area contributed by atoms with Crippen LogP contribution in [0.4, 0.5) is 0 Å². The Morgan fingerprint density at radius 2 is 1.31 bits per heavy atom. The minimum atomic E-state index is -0.948. The van der Waals surface area contributed by atoms with Gasteiger partial charge < -0.3 is 10.2 Å². The molecule has 2 N–H and O–H groups in total. The fourth-order valence-corrected chi connectivity index (χ4v) is 0.391. The minimum Gasteiger partial charge on any atom is -0.481 e. The van der Waals surface area contributed by atoms with Crippen LogP contribution in [0.1, 0.15) is 33.1 Å². The van der Waals surface area contributed by atoms with Gasteiger partial charge in [0.2, 0.25) is 0 Å². The van der Waals surface area contributed by atoms with Gasteiger partial charge in [0.05, 0.1) is 0 Å². The van der Waals surface area contributed by atoms with E-state index in [0.29, 0.717) is 0 Å². The standard InChI is InChI=1S/C5H8O4.C4H8/c6-4(7)2-1-3-5(8)9;1-3-4-2/h1-3H2,(H,6,7)(H,8,9);3-4H,1-2H3. The highest BCUT2D eigenvalue weighted by Gasteiger charge is 1.99. The predicted octanol–water partition coefficient (Wildman–Crippen LogP) is 1.91. The van der Waals surface area contributed by atoms with Gasteiger partial charge in [-0.2, -0.15) is 0 Å². The van der Waals surface area contributed by atoms with Gasteiger partial charge in [0.1, 0.15) is 0 Å². The number of carboxylic acids is 2. The maximum Gasteiger partial charge on any atom is 0.303 e. The van der Waals surface area contributed by atoms with Crippen molar-refractivity contribution in [3.8, 4) is 0 Å². The molecule has 0 bridgehead atoms. The second kappa shape index (κ2) is 10.7. The largest absolute Gasteiger partial charge is 0.481 e. The molecule has 0 aromatic heterocycles. The molecule has 0 radical (unpaired) electrons. The Morgan fingerprint density at radius 1 is 1.00 bits per heavy atom. The Bertz CT molecular complexity index is 154. The van der Waals surface area contributed by atoms with Crippen molar-refractivity contribution in [3.63, 3.8) is 0 Å². The molecule has 0 heterocycles. The topological polar surface area (TPSA) is 74.6 Å². The van der Waals surface area contributed by atoms with Crippen molar-refractivity contribution in [2.24, 2.45) is 0 Å². The van der Waals surface area contributed by atoms with Crippen LogP contribution in [-0.2, 0) is 9.59 Å². The lowest BCUT2D eigenvalue weighted by Gasteiger charge is -1.89. The lowest BCUT2D eigenvalue weighted by Crippen LogP contribution is -1.98. The van der Waals surface area contributed by atoms with Gasteiger partial charge in [-0.05, 0) is 20.3 Å². The highest BCUT2D eigenvalue weighted by atomic mass is 16.4. The Kier molecular flexibility index (Phi) is 11.7. The molecule has 0 aliphatic heterocycles. The zero-order valence-corrected chi connectivity index (χ0v) is 7.99. The monoisotopic (exact) mass is 188 g/mol. The molecule has 13 heavy (non-hydrogen) atoms.